The number of carbonyl (C=O) groups is 1. The zero-order chi connectivity index (χ0) is 23.7. The number of hydrogen-bond acceptors (Lipinski definition) is 7. The van der Waals surface area contributed by atoms with Gasteiger partial charge in [-0.3, -0.25) is 4.79 Å². The Morgan fingerprint density at radius 2 is 1.97 bits per heavy atom. The lowest BCUT2D eigenvalue weighted by Crippen LogP contribution is -2.38. The minimum atomic E-state index is 0.334. The molecule has 0 aromatic carbocycles. The average molecular weight is 459 g/mol. The van der Waals surface area contributed by atoms with Crippen LogP contribution < -0.4 is 10.5 Å². The van der Waals surface area contributed by atoms with Crippen LogP contribution in [-0.4, -0.2) is 50.9 Å². The highest BCUT2D eigenvalue weighted by Gasteiger charge is 2.36. The van der Waals surface area contributed by atoms with Crippen LogP contribution >= 0.6 is 0 Å². The van der Waals surface area contributed by atoms with Gasteiger partial charge in [0.25, 0.3) is 0 Å². The standard InChI is InChI=1S/C26H30N6O2/c1-31-23(18-6-8-26(9-7-18)10-13-32(14-11-26)12-3-15-33)21(19-4-5-20(34-2)28-16-19)22-24(27)29-17-30-25(22)31/h3-6,12,15-17H,7-11,13-14H2,1-2H3,(H2,27,29,30). The number of hydrogen-bond donors (Lipinski definition) is 1. The predicted molar refractivity (Wildman–Crippen MR) is 133 cm³/mol. The molecule has 4 heterocycles. The third kappa shape index (κ3) is 3.83. The Labute approximate surface area is 199 Å². The number of allylic oxidation sites excluding steroid dienone is 3. The molecule has 0 amide bonds. The lowest BCUT2D eigenvalue weighted by molar-refractivity contribution is -0.104. The van der Waals surface area contributed by atoms with E-state index in [1.807, 2.05) is 31.6 Å². The largest absolute Gasteiger partial charge is 0.481 e. The predicted octanol–water partition coefficient (Wildman–Crippen LogP) is 3.98. The van der Waals surface area contributed by atoms with Crippen LogP contribution in [0, 0.1) is 5.41 Å². The number of ether oxygens (including phenoxy) is 1. The number of nitrogen functional groups attached to an aromatic ring is 1. The first-order chi connectivity index (χ1) is 16.5. The number of pyridine rings is 1. The minimum Gasteiger partial charge on any atom is -0.481 e. The Balaban J connectivity index is 1.52. The van der Waals surface area contributed by atoms with Crippen molar-refractivity contribution in [3.8, 4) is 17.0 Å². The highest BCUT2D eigenvalue weighted by atomic mass is 16.5. The molecule has 0 atom stereocenters. The van der Waals surface area contributed by atoms with Gasteiger partial charge < -0.3 is 19.9 Å². The summed E-state index contributed by atoms with van der Waals surface area (Å²) in [6.07, 6.45) is 15.6. The molecule has 0 saturated carbocycles. The molecule has 1 aliphatic carbocycles. The molecule has 1 saturated heterocycles. The molecule has 3 aromatic rings. The van der Waals surface area contributed by atoms with E-state index >= 15 is 0 Å². The summed E-state index contributed by atoms with van der Waals surface area (Å²) in [5, 5.41) is 0.864. The zero-order valence-electron chi connectivity index (χ0n) is 19.7. The van der Waals surface area contributed by atoms with Gasteiger partial charge in [-0.15, -0.1) is 0 Å². The maximum absolute atomic E-state index is 10.6. The number of aromatic nitrogens is 4. The second-order valence-corrected chi connectivity index (χ2v) is 9.28. The number of methoxy groups -OCH3 is 1. The molecule has 0 unspecified atom stereocenters. The Morgan fingerprint density at radius 3 is 2.62 bits per heavy atom. The van der Waals surface area contributed by atoms with Crippen LogP contribution in [0.3, 0.4) is 0 Å². The van der Waals surface area contributed by atoms with Crippen LogP contribution in [0.5, 0.6) is 5.88 Å². The molecular weight excluding hydrogens is 428 g/mol. The monoisotopic (exact) mass is 458 g/mol. The SMILES string of the molecule is COc1ccc(-c2c(C3=CCC4(CC3)CCN(C=CC=O)CC4)n(C)c3ncnc(N)c23)cn1. The van der Waals surface area contributed by atoms with Gasteiger partial charge >= 0.3 is 0 Å². The number of nitrogens with two attached hydrogens (primary N) is 1. The summed E-state index contributed by atoms with van der Waals surface area (Å²) < 4.78 is 7.40. The fourth-order valence-corrected chi connectivity index (χ4v) is 5.50. The van der Waals surface area contributed by atoms with Crippen molar-refractivity contribution in [2.24, 2.45) is 12.5 Å². The van der Waals surface area contributed by atoms with Crippen molar-refractivity contribution in [1.29, 1.82) is 0 Å². The van der Waals surface area contributed by atoms with Crippen molar-refractivity contribution in [3.05, 3.63) is 48.7 Å². The van der Waals surface area contributed by atoms with Gasteiger partial charge in [-0.2, -0.15) is 0 Å². The van der Waals surface area contributed by atoms with E-state index in [-0.39, 0.29) is 0 Å². The van der Waals surface area contributed by atoms with Crippen molar-refractivity contribution in [1.82, 2.24) is 24.4 Å². The van der Waals surface area contributed by atoms with Gasteiger partial charge in [0, 0.05) is 49.7 Å². The van der Waals surface area contributed by atoms with Gasteiger partial charge in [0.05, 0.1) is 18.2 Å². The number of piperidine rings is 1. The van der Waals surface area contributed by atoms with E-state index in [2.05, 4.69) is 30.5 Å². The number of anilines is 1. The third-order valence-electron chi connectivity index (χ3n) is 7.48. The summed E-state index contributed by atoms with van der Waals surface area (Å²) in [4.78, 5) is 26.2. The van der Waals surface area contributed by atoms with Gasteiger partial charge in [0.2, 0.25) is 5.88 Å². The summed E-state index contributed by atoms with van der Waals surface area (Å²) in [5.41, 5.74) is 12.0. The Kier molecular flexibility index (Phi) is 5.81. The van der Waals surface area contributed by atoms with Crippen LogP contribution in [0.4, 0.5) is 5.82 Å². The summed E-state index contributed by atoms with van der Waals surface area (Å²) in [5.74, 6) is 1.05. The molecule has 0 radical (unpaired) electrons. The van der Waals surface area contributed by atoms with Crippen molar-refractivity contribution < 1.29 is 9.53 Å². The Bertz CT molecular complexity index is 1270. The van der Waals surface area contributed by atoms with Gasteiger partial charge in [-0.25, -0.2) is 15.0 Å². The molecule has 34 heavy (non-hydrogen) atoms. The summed E-state index contributed by atoms with van der Waals surface area (Å²) in [6.45, 7) is 1.99. The van der Waals surface area contributed by atoms with Gasteiger partial charge in [-0.05, 0) is 55.2 Å². The van der Waals surface area contributed by atoms with E-state index in [0.717, 1.165) is 79.3 Å². The Hall–Kier alpha value is -3.68. The molecule has 8 heteroatoms. The number of carbonyl (C=O) groups excluding carboxylic acids is 1. The molecule has 176 valence electrons. The number of likely N-dealkylation sites (tertiary alicyclic amines) is 1. The number of nitrogens with zero attached hydrogens (tertiary/aromatic N) is 5. The van der Waals surface area contributed by atoms with E-state index in [4.69, 9.17) is 10.5 Å². The highest BCUT2D eigenvalue weighted by molar-refractivity contribution is 6.05. The van der Waals surface area contributed by atoms with Crippen LogP contribution in [0.25, 0.3) is 27.7 Å². The van der Waals surface area contributed by atoms with E-state index in [1.54, 1.807) is 13.2 Å². The van der Waals surface area contributed by atoms with E-state index in [1.165, 1.54) is 11.9 Å². The van der Waals surface area contributed by atoms with Gasteiger partial charge in [0.15, 0.2) is 0 Å². The van der Waals surface area contributed by atoms with Crippen LogP contribution in [0.15, 0.2) is 43.0 Å². The minimum absolute atomic E-state index is 0.334. The zero-order valence-corrected chi connectivity index (χ0v) is 19.7. The smallest absolute Gasteiger partial charge is 0.212 e. The normalized spacial score (nSPS) is 17.9. The molecule has 8 nitrogen and oxygen atoms in total. The van der Waals surface area contributed by atoms with Crippen molar-refractivity contribution >= 4 is 28.7 Å². The molecule has 0 bridgehead atoms. The fraction of sp³-hybridized carbons (Fsp3) is 0.385. The third-order valence-corrected chi connectivity index (χ3v) is 7.48. The lowest BCUT2D eigenvalue weighted by Gasteiger charge is -2.43. The van der Waals surface area contributed by atoms with E-state index in [0.29, 0.717) is 17.1 Å². The first kappa shape index (κ1) is 22.1. The molecule has 1 fully saturated rings. The van der Waals surface area contributed by atoms with Gasteiger partial charge in [0.1, 0.15) is 24.1 Å². The maximum atomic E-state index is 10.6. The quantitative estimate of drug-likeness (QED) is 0.456. The highest BCUT2D eigenvalue weighted by Crippen LogP contribution is 2.48. The second kappa shape index (κ2) is 8.93. The summed E-state index contributed by atoms with van der Waals surface area (Å²) in [6, 6.07) is 3.89. The number of aldehydes is 1. The van der Waals surface area contributed by atoms with Crippen LogP contribution in [-0.2, 0) is 11.8 Å². The topological polar surface area (TPSA) is 99.2 Å². The molecule has 2 N–H and O–H groups in total. The molecule has 1 spiro atoms. The van der Waals surface area contributed by atoms with Crippen LogP contribution in [0.2, 0.25) is 0 Å². The van der Waals surface area contributed by atoms with Crippen molar-refractivity contribution in [2.75, 3.05) is 25.9 Å². The van der Waals surface area contributed by atoms with E-state index in [9.17, 15) is 4.79 Å². The fourth-order valence-electron chi connectivity index (χ4n) is 5.50. The first-order valence-corrected chi connectivity index (χ1v) is 11.7. The molecule has 2 aliphatic rings. The second-order valence-electron chi connectivity index (χ2n) is 9.28. The van der Waals surface area contributed by atoms with E-state index < -0.39 is 0 Å². The van der Waals surface area contributed by atoms with Crippen LogP contribution in [0.1, 0.15) is 37.8 Å². The molecular formula is C26H30N6O2. The maximum Gasteiger partial charge on any atom is 0.212 e. The number of fused-ring (bicyclic) bond motifs is 1. The number of aryl methyl sites for hydroxylation is 1. The van der Waals surface area contributed by atoms with Gasteiger partial charge in [-0.1, -0.05) is 6.08 Å². The molecule has 5 rings (SSSR count). The number of rotatable bonds is 5. The summed E-state index contributed by atoms with van der Waals surface area (Å²) in [7, 11) is 3.66. The summed E-state index contributed by atoms with van der Waals surface area (Å²) >= 11 is 0. The van der Waals surface area contributed by atoms with Crippen molar-refractivity contribution in [2.45, 2.75) is 32.1 Å². The average Bonchev–Trinajstić information content (AvgIpc) is 3.18. The Morgan fingerprint density at radius 1 is 1.15 bits per heavy atom. The molecule has 1 aliphatic heterocycles. The molecule has 3 aromatic heterocycles. The van der Waals surface area contributed by atoms with Crippen molar-refractivity contribution in [3.63, 3.8) is 0 Å². The lowest BCUT2D eigenvalue weighted by atomic mass is 9.68. The first-order valence-electron chi connectivity index (χ1n) is 11.7.